The minimum atomic E-state index is -0.663. The quantitative estimate of drug-likeness (QED) is 0.750. The van der Waals surface area contributed by atoms with Crippen LogP contribution in [0.4, 0.5) is 0 Å². The van der Waals surface area contributed by atoms with Crippen LogP contribution < -0.4 is 0 Å². The van der Waals surface area contributed by atoms with E-state index in [0.29, 0.717) is 0 Å². The number of aliphatic carboxylic acids is 1. The third-order valence-electron chi connectivity index (χ3n) is 2.82. The third kappa shape index (κ3) is 1.99. The Morgan fingerprint density at radius 2 is 2.38 bits per heavy atom. The van der Waals surface area contributed by atoms with Gasteiger partial charge in [-0.05, 0) is 32.2 Å². The van der Waals surface area contributed by atoms with Crippen LogP contribution in [-0.4, -0.2) is 46.6 Å². The Balaban J connectivity index is 2.78. The van der Waals surface area contributed by atoms with Crippen LogP contribution >= 0.6 is 11.8 Å². The molecule has 0 radical (unpaired) electrons. The van der Waals surface area contributed by atoms with E-state index < -0.39 is 11.5 Å². The Bertz CT molecular complexity index is 190. The van der Waals surface area contributed by atoms with Crippen molar-refractivity contribution in [3.05, 3.63) is 0 Å². The van der Waals surface area contributed by atoms with Crippen molar-refractivity contribution in [2.75, 3.05) is 25.1 Å². The Labute approximate surface area is 83.5 Å². The Morgan fingerprint density at radius 3 is 2.77 bits per heavy atom. The predicted octanol–water partition coefficient (Wildman–Crippen LogP) is 1.29. The number of thioether (sulfide) groups is 1. The molecule has 4 heteroatoms. The van der Waals surface area contributed by atoms with Gasteiger partial charge in [0, 0.05) is 5.75 Å². The van der Waals surface area contributed by atoms with Gasteiger partial charge in [-0.2, -0.15) is 11.8 Å². The number of carbonyl (C=O) groups is 1. The monoisotopic (exact) mass is 203 g/mol. The summed E-state index contributed by atoms with van der Waals surface area (Å²) in [4.78, 5) is 13.2. The molecule has 1 unspecified atom stereocenters. The molecule has 1 fully saturated rings. The molecule has 0 aliphatic carbocycles. The van der Waals surface area contributed by atoms with Crippen LogP contribution in [0.2, 0.25) is 0 Å². The summed E-state index contributed by atoms with van der Waals surface area (Å²) in [6.45, 7) is 2.80. The van der Waals surface area contributed by atoms with E-state index >= 15 is 0 Å². The van der Waals surface area contributed by atoms with Gasteiger partial charge >= 0.3 is 5.97 Å². The van der Waals surface area contributed by atoms with Crippen molar-refractivity contribution in [3.63, 3.8) is 0 Å². The SMILES string of the molecule is CCN(C)C1(C(=O)O)CCCSC1. The van der Waals surface area contributed by atoms with E-state index in [4.69, 9.17) is 0 Å². The molecule has 0 aromatic heterocycles. The molecule has 1 heterocycles. The van der Waals surface area contributed by atoms with Crippen LogP contribution in [0.3, 0.4) is 0 Å². The molecule has 0 amide bonds. The van der Waals surface area contributed by atoms with E-state index in [1.165, 1.54) is 0 Å². The van der Waals surface area contributed by atoms with Gasteiger partial charge in [0.15, 0.2) is 0 Å². The Morgan fingerprint density at radius 1 is 1.69 bits per heavy atom. The van der Waals surface area contributed by atoms with Crippen LogP contribution in [-0.2, 0) is 4.79 Å². The van der Waals surface area contributed by atoms with Crippen molar-refractivity contribution in [2.45, 2.75) is 25.3 Å². The fourth-order valence-electron chi connectivity index (χ4n) is 1.72. The topological polar surface area (TPSA) is 40.5 Å². The minimum absolute atomic E-state index is 0.600. The Kier molecular flexibility index (Phi) is 3.62. The van der Waals surface area contributed by atoms with Gasteiger partial charge in [0.1, 0.15) is 5.54 Å². The van der Waals surface area contributed by atoms with Crippen LogP contribution in [0, 0.1) is 0 Å². The highest BCUT2D eigenvalue weighted by atomic mass is 32.2. The highest BCUT2D eigenvalue weighted by molar-refractivity contribution is 7.99. The van der Waals surface area contributed by atoms with E-state index in [0.717, 1.165) is 30.9 Å². The number of carboxylic acid groups (broad SMARTS) is 1. The van der Waals surface area contributed by atoms with Crippen molar-refractivity contribution >= 4 is 17.7 Å². The predicted molar refractivity (Wildman–Crippen MR) is 55.2 cm³/mol. The summed E-state index contributed by atoms with van der Waals surface area (Å²) in [6.07, 6.45) is 1.81. The van der Waals surface area contributed by atoms with Gasteiger partial charge in [-0.1, -0.05) is 6.92 Å². The first-order valence-corrected chi connectivity index (χ1v) is 5.81. The fraction of sp³-hybridized carbons (Fsp3) is 0.889. The third-order valence-corrected chi connectivity index (χ3v) is 4.08. The summed E-state index contributed by atoms with van der Waals surface area (Å²) >= 11 is 1.75. The average molecular weight is 203 g/mol. The second-order valence-corrected chi connectivity index (χ2v) is 4.61. The van der Waals surface area contributed by atoms with Gasteiger partial charge in [0.25, 0.3) is 0 Å². The molecule has 13 heavy (non-hydrogen) atoms. The van der Waals surface area contributed by atoms with E-state index in [1.54, 1.807) is 11.8 Å². The maximum absolute atomic E-state index is 11.2. The molecule has 1 saturated heterocycles. The lowest BCUT2D eigenvalue weighted by Gasteiger charge is -2.40. The lowest BCUT2D eigenvalue weighted by Crippen LogP contribution is -2.56. The van der Waals surface area contributed by atoms with Crippen molar-refractivity contribution in [1.82, 2.24) is 4.90 Å². The van der Waals surface area contributed by atoms with Crippen molar-refractivity contribution < 1.29 is 9.90 Å². The van der Waals surface area contributed by atoms with E-state index in [2.05, 4.69) is 0 Å². The number of nitrogens with zero attached hydrogens (tertiary/aromatic N) is 1. The normalized spacial score (nSPS) is 29.2. The first-order valence-electron chi connectivity index (χ1n) is 4.66. The number of likely N-dealkylation sites (N-methyl/N-ethyl adjacent to an activating group) is 1. The fourth-order valence-corrected chi connectivity index (χ4v) is 3.03. The second-order valence-electron chi connectivity index (χ2n) is 3.51. The molecule has 76 valence electrons. The van der Waals surface area contributed by atoms with Crippen LogP contribution in [0.15, 0.2) is 0 Å². The summed E-state index contributed by atoms with van der Waals surface area (Å²) in [5.74, 6) is 1.17. The molecule has 1 atom stereocenters. The van der Waals surface area contributed by atoms with Crippen LogP contribution in [0.5, 0.6) is 0 Å². The van der Waals surface area contributed by atoms with E-state index in [9.17, 15) is 9.90 Å². The van der Waals surface area contributed by atoms with Gasteiger partial charge in [-0.25, -0.2) is 0 Å². The van der Waals surface area contributed by atoms with Crippen molar-refractivity contribution in [2.24, 2.45) is 0 Å². The van der Waals surface area contributed by atoms with Gasteiger partial charge < -0.3 is 5.11 Å². The first-order chi connectivity index (χ1) is 6.13. The van der Waals surface area contributed by atoms with Crippen molar-refractivity contribution in [3.8, 4) is 0 Å². The van der Waals surface area contributed by atoms with Crippen molar-refractivity contribution in [1.29, 1.82) is 0 Å². The molecule has 0 aromatic rings. The van der Waals surface area contributed by atoms with Gasteiger partial charge in [0.2, 0.25) is 0 Å². The number of carboxylic acids is 1. The summed E-state index contributed by atoms with van der Waals surface area (Å²) < 4.78 is 0. The zero-order valence-electron chi connectivity index (χ0n) is 8.25. The lowest BCUT2D eigenvalue weighted by molar-refractivity contribution is -0.149. The molecule has 0 saturated carbocycles. The second kappa shape index (κ2) is 4.33. The first kappa shape index (κ1) is 10.9. The number of rotatable bonds is 3. The molecule has 3 nitrogen and oxygen atoms in total. The summed E-state index contributed by atoms with van der Waals surface area (Å²) in [7, 11) is 1.90. The van der Waals surface area contributed by atoms with Gasteiger partial charge in [-0.3, -0.25) is 9.69 Å². The highest BCUT2D eigenvalue weighted by Gasteiger charge is 2.42. The van der Waals surface area contributed by atoms with E-state index in [-0.39, 0.29) is 0 Å². The molecule has 1 aliphatic rings. The minimum Gasteiger partial charge on any atom is -0.480 e. The lowest BCUT2D eigenvalue weighted by atomic mass is 9.94. The molecular formula is C9H17NO2S. The summed E-state index contributed by atoms with van der Waals surface area (Å²) in [5, 5.41) is 9.24. The molecule has 1 aliphatic heterocycles. The zero-order valence-corrected chi connectivity index (χ0v) is 9.06. The highest BCUT2D eigenvalue weighted by Crippen LogP contribution is 2.31. The molecular weight excluding hydrogens is 186 g/mol. The standard InChI is InChI=1S/C9H17NO2S/c1-3-10(2)9(8(11)12)5-4-6-13-7-9/h3-7H2,1-2H3,(H,11,12). The largest absolute Gasteiger partial charge is 0.480 e. The molecule has 1 rings (SSSR count). The van der Waals surface area contributed by atoms with Crippen LogP contribution in [0.1, 0.15) is 19.8 Å². The number of hydrogen-bond donors (Lipinski definition) is 1. The Hall–Kier alpha value is -0.220. The van der Waals surface area contributed by atoms with Crippen LogP contribution in [0.25, 0.3) is 0 Å². The molecule has 0 spiro atoms. The van der Waals surface area contributed by atoms with Gasteiger partial charge in [-0.15, -0.1) is 0 Å². The molecule has 0 bridgehead atoms. The molecule has 1 N–H and O–H groups in total. The average Bonchev–Trinajstić information content (AvgIpc) is 2.17. The smallest absolute Gasteiger partial charge is 0.324 e. The zero-order chi connectivity index (χ0) is 9.90. The number of hydrogen-bond acceptors (Lipinski definition) is 3. The maximum Gasteiger partial charge on any atom is 0.324 e. The van der Waals surface area contributed by atoms with Gasteiger partial charge in [0.05, 0.1) is 0 Å². The summed E-state index contributed by atoms with van der Waals surface area (Å²) in [5.41, 5.74) is -0.600. The molecule has 0 aromatic carbocycles. The maximum atomic E-state index is 11.2. The van der Waals surface area contributed by atoms with E-state index in [1.807, 2.05) is 18.9 Å². The summed E-state index contributed by atoms with van der Waals surface area (Å²) in [6, 6.07) is 0.